The average molecular weight is 233 g/mol. The topological polar surface area (TPSA) is 69.3 Å². The van der Waals surface area contributed by atoms with Gasteiger partial charge in [-0.1, -0.05) is 0 Å². The predicted molar refractivity (Wildman–Crippen MR) is 61.2 cm³/mol. The summed E-state index contributed by atoms with van der Waals surface area (Å²) >= 11 is 0. The zero-order valence-corrected chi connectivity index (χ0v) is 9.77. The molecule has 0 aromatic carbocycles. The van der Waals surface area contributed by atoms with Gasteiger partial charge in [0.2, 0.25) is 0 Å². The Morgan fingerprint density at radius 1 is 1.59 bits per heavy atom. The molecule has 0 unspecified atom stereocenters. The number of nitrogens with one attached hydrogen (secondary N) is 1. The molecule has 1 aliphatic rings. The van der Waals surface area contributed by atoms with Crippen LogP contribution in [0.4, 0.5) is 0 Å². The van der Waals surface area contributed by atoms with E-state index in [1.54, 1.807) is 12.1 Å². The number of carbonyl (C=O) groups excluding carboxylic acids is 1. The Morgan fingerprint density at radius 2 is 2.29 bits per heavy atom. The van der Waals surface area contributed by atoms with E-state index in [9.17, 15) is 10.1 Å². The van der Waals surface area contributed by atoms with Crippen LogP contribution < -0.4 is 5.32 Å². The molecule has 90 valence electrons. The van der Waals surface area contributed by atoms with E-state index in [4.69, 9.17) is 4.42 Å². The molecule has 17 heavy (non-hydrogen) atoms. The standard InChI is InChI=1S/C12H15N3O2/c1-15-6-4-12(9-13,5-7-15)14-11(16)10-3-2-8-17-10/h2-3,8H,4-7H2,1H3,(H,14,16). The van der Waals surface area contributed by atoms with Crippen LogP contribution in [-0.4, -0.2) is 36.5 Å². The summed E-state index contributed by atoms with van der Waals surface area (Å²) in [6.07, 6.45) is 2.74. The monoisotopic (exact) mass is 233 g/mol. The smallest absolute Gasteiger partial charge is 0.288 e. The number of nitrogens with zero attached hydrogens (tertiary/aromatic N) is 2. The van der Waals surface area contributed by atoms with Crippen molar-refractivity contribution in [3.63, 3.8) is 0 Å². The largest absolute Gasteiger partial charge is 0.459 e. The number of hydrogen-bond acceptors (Lipinski definition) is 4. The Balaban J connectivity index is 2.06. The second kappa shape index (κ2) is 4.60. The van der Waals surface area contributed by atoms with Crippen LogP contribution in [-0.2, 0) is 0 Å². The molecule has 0 radical (unpaired) electrons. The minimum Gasteiger partial charge on any atom is -0.459 e. The van der Waals surface area contributed by atoms with Gasteiger partial charge in [-0.3, -0.25) is 4.79 Å². The van der Waals surface area contributed by atoms with Crippen molar-refractivity contribution in [3.8, 4) is 6.07 Å². The highest BCUT2D eigenvalue weighted by atomic mass is 16.3. The molecule has 0 saturated carbocycles. The van der Waals surface area contributed by atoms with Crippen LogP contribution in [0.2, 0.25) is 0 Å². The first kappa shape index (κ1) is 11.7. The molecule has 0 bridgehead atoms. The Morgan fingerprint density at radius 3 is 2.82 bits per heavy atom. The van der Waals surface area contributed by atoms with Gasteiger partial charge in [-0.25, -0.2) is 0 Å². The summed E-state index contributed by atoms with van der Waals surface area (Å²) in [5.74, 6) is -0.0698. The number of hydrogen-bond donors (Lipinski definition) is 1. The van der Waals surface area contributed by atoms with Crippen LogP contribution in [0.25, 0.3) is 0 Å². The van der Waals surface area contributed by atoms with Gasteiger partial charge in [0.05, 0.1) is 12.3 Å². The van der Waals surface area contributed by atoms with E-state index in [-0.39, 0.29) is 11.7 Å². The van der Waals surface area contributed by atoms with E-state index < -0.39 is 5.54 Å². The normalized spacial score (nSPS) is 19.5. The minimum absolute atomic E-state index is 0.249. The highest BCUT2D eigenvalue weighted by Gasteiger charge is 2.35. The Bertz CT molecular complexity index is 425. The van der Waals surface area contributed by atoms with Crippen molar-refractivity contribution in [1.29, 1.82) is 5.26 Å². The minimum atomic E-state index is -0.754. The third kappa shape index (κ3) is 2.48. The molecule has 1 fully saturated rings. The number of rotatable bonds is 2. The van der Waals surface area contributed by atoms with E-state index in [0.29, 0.717) is 12.8 Å². The third-order valence-electron chi connectivity index (χ3n) is 3.15. The SMILES string of the molecule is CN1CCC(C#N)(NC(=O)c2ccco2)CC1. The van der Waals surface area contributed by atoms with Crippen molar-refractivity contribution in [3.05, 3.63) is 24.2 Å². The van der Waals surface area contributed by atoms with Crippen molar-refractivity contribution in [1.82, 2.24) is 10.2 Å². The van der Waals surface area contributed by atoms with Crippen molar-refractivity contribution >= 4 is 5.91 Å². The lowest BCUT2D eigenvalue weighted by molar-refractivity contribution is 0.0854. The first-order valence-electron chi connectivity index (χ1n) is 5.61. The van der Waals surface area contributed by atoms with Crippen molar-refractivity contribution in [2.24, 2.45) is 0 Å². The van der Waals surface area contributed by atoms with Gasteiger partial charge in [-0.15, -0.1) is 0 Å². The molecule has 1 N–H and O–H groups in total. The number of likely N-dealkylation sites (tertiary alicyclic amines) is 1. The maximum Gasteiger partial charge on any atom is 0.288 e. The lowest BCUT2D eigenvalue weighted by atomic mass is 9.89. The van der Waals surface area contributed by atoms with E-state index >= 15 is 0 Å². The molecule has 1 saturated heterocycles. The molecule has 5 heteroatoms. The van der Waals surface area contributed by atoms with Crippen LogP contribution >= 0.6 is 0 Å². The van der Waals surface area contributed by atoms with E-state index in [0.717, 1.165) is 13.1 Å². The van der Waals surface area contributed by atoms with Crippen LogP contribution in [0.3, 0.4) is 0 Å². The molecule has 1 aromatic rings. The summed E-state index contributed by atoms with van der Waals surface area (Å²) in [6.45, 7) is 1.62. The van der Waals surface area contributed by atoms with Gasteiger partial charge in [0, 0.05) is 13.1 Å². The average Bonchev–Trinajstić information content (AvgIpc) is 2.86. The lowest BCUT2D eigenvalue weighted by Gasteiger charge is -2.35. The summed E-state index contributed by atoms with van der Waals surface area (Å²) in [6, 6.07) is 5.48. The Kier molecular flexibility index (Phi) is 3.16. The lowest BCUT2D eigenvalue weighted by Crippen LogP contribution is -2.53. The van der Waals surface area contributed by atoms with Gasteiger partial charge in [0.1, 0.15) is 5.54 Å². The number of carbonyl (C=O) groups is 1. The summed E-state index contributed by atoms with van der Waals surface area (Å²) in [7, 11) is 2.01. The molecule has 0 spiro atoms. The molecule has 2 rings (SSSR count). The maximum atomic E-state index is 11.9. The number of furan rings is 1. The molecule has 1 aliphatic heterocycles. The fourth-order valence-corrected chi connectivity index (χ4v) is 1.95. The molecule has 1 amide bonds. The van der Waals surface area contributed by atoms with Gasteiger partial charge < -0.3 is 14.6 Å². The molecule has 5 nitrogen and oxygen atoms in total. The fourth-order valence-electron chi connectivity index (χ4n) is 1.95. The van der Waals surface area contributed by atoms with Crippen LogP contribution in [0.5, 0.6) is 0 Å². The Hall–Kier alpha value is -1.80. The second-order valence-electron chi connectivity index (χ2n) is 4.43. The first-order chi connectivity index (χ1) is 8.15. The molecule has 2 heterocycles. The number of piperidine rings is 1. The van der Waals surface area contributed by atoms with Crippen molar-refractivity contribution in [2.45, 2.75) is 18.4 Å². The molecular weight excluding hydrogens is 218 g/mol. The Labute approximate surface area is 100 Å². The second-order valence-corrected chi connectivity index (χ2v) is 4.43. The van der Waals surface area contributed by atoms with Gasteiger partial charge >= 0.3 is 0 Å². The predicted octanol–water partition coefficient (Wildman–Crippen LogP) is 0.997. The molecule has 1 aromatic heterocycles. The molecule has 0 aliphatic carbocycles. The molecule has 0 atom stereocenters. The summed E-state index contributed by atoms with van der Waals surface area (Å²) < 4.78 is 5.02. The quantitative estimate of drug-likeness (QED) is 0.827. The highest BCUT2D eigenvalue weighted by molar-refractivity contribution is 5.92. The van der Waals surface area contributed by atoms with Gasteiger partial charge in [0.15, 0.2) is 5.76 Å². The summed E-state index contributed by atoms with van der Waals surface area (Å²) in [5, 5.41) is 12.0. The zero-order chi connectivity index (χ0) is 12.3. The van der Waals surface area contributed by atoms with E-state index in [1.807, 2.05) is 7.05 Å². The molecular formula is C12H15N3O2. The van der Waals surface area contributed by atoms with Crippen LogP contribution in [0.1, 0.15) is 23.4 Å². The maximum absolute atomic E-state index is 11.9. The van der Waals surface area contributed by atoms with E-state index in [1.165, 1.54) is 6.26 Å². The summed E-state index contributed by atoms with van der Waals surface area (Å²) in [5.41, 5.74) is -0.754. The van der Waals surface area contributed by atoms with Gasteiger partial charge in [-0.2, -0.15) is 5.26 Å². The first-order valence-corrected chi connectivity index (χ1v) is 5.61. The van der Waals surface area contributed by atoms with Crippen molar-refractivity contribution in [2.75, 3.05) is 20.1 Å². The van der Waals surface area contributed by atoms with Crippen molar-refractivity contribution < 1.29 is 9.21 Å². The van der Waals surface area contributed by atoms with Gasteiger partial charge in [0.25, 0.3) is 5.91 Å². The fraction of sp³-hybridized carbons (Fsp3) is 0.500. The van der Waals surface area contributed by atoms with Crippen LogP contribution in [0, 0.1) is 11.3 Å². The number of amides is 1. The third-order valence-corrected chi connectivity index (χ3v) is 3.15. The van der Waals surface area contributed by atoms with Crippen LogP contribution in [0.15, 0.2) is 22.8 Å². The number of nitriles is 1. The van der Waals surface area contributed by atoms with E-state index in [2.05, 4.69) is 16.3 Å². The summed E-state index contributed by atoms with van der Waals surface area (Å²) in [4.78, 5) is 14.0. The highest BCUT2D eigenvalue weighted by Crippen LogP contribution is 2.21. The zero-order valence-electron chi connectivity index (χ0n) is 9.77. The van der Waals surface area contributed by atoms with Gasteiger partial charge in [-0.05, 0) is 32.0 Å².